The summed E-state index contributed by atoms with van der Waals surface area (Å²) in [6, 6.07) is 7.01. The number of rotatable bonds is 3. The molecule has 1 aliphatic heterocycles. The quantitative estimate of drug-likeness (QED) is 0.899. The molecular formula is C14H17ClN2O3. The van der Waals surface area contributed by atoms with Crippen LogP contribution in [-0.4, -0.2) is 35.1 Å². The molecule has 0 bridgehead atoms. The number of benzene rings is 1. The summed E-state index contributed by atoms with van der Waals surface area (Å²) in [5, 5.41) is 12.5. The summed E-state index contributed by atoms with van der Waals surface area (Å²) < 4.78 is 0. The molecule has 0 spiro atoms. The summed E-state index contributed by atoms with van der Waals surface area (Å²) in [5.74, 6) is -0.859. The Morgan fingerprint density at radius 2 is 2.25 bits per heavy atom. The van der Waals surface area contributed by atoms with Gasteiger partial charge in [-0.05, 0) is 31.0 Å². The molecule has 1 saturated heterocycles. The van der Waals surface area contributed by atoms with Crippen molar-refractivity contribution in [1.82, 2.24) is 10.2 Å². The average Bonchev–Trinajstić information content (AvgIpc) is 2.80. The molecule has 6 heteroatoms. The third kappa shape index (κ3) is 3.22. The first-order chi connectivity index (χ1) is 9.40. The van der Waals surface area contributed by atoms with Crippen molar-refractivity contribution < 1.29 is 14.7 Å². The Kier molecular flexibility index (Phi) is 4.18. The molecule has 5 nitrogen and oxygen atoms in total. The molecule has 1 aromatic carbocycles. The molecule has 20 heavy (non-hydrogen) atoms. The second kappa shape index (κ2) is 5.71. The third-order valence-corrected chi connectivity index (χ3v) is 3.84. The Hall–Kier alpha value is -1.75. The van der Waals surface area contributed by atoms with E-state index < -0.39 is 11.4 Å². The van der Waals surface area contributed by atoms with Crippen molar-refractivity contribution in [2.45, 2.75) is 19.9 Å². The van der Waals surface area contributed by atoms with Crippen molar-refractivity contribution in [2.24, 2.45) is 5.41 Å². The molecule has 2 amide bonds. The summed E-state index contributed by atoms with van der Waals surface area (Å²) in [6.45, 7) is 2.74. The number of carbonyl (C=O) groups excluding carboxylic acids is 1. The summed E-state index contributed by atoms with van der Waals surface area (Å²) in [7, 11) is 0. The number of halogens is 1. The van der Waals surface area contributed by atoms with Crippen LogP contribution in [0.15, 0.2) is 24.3 Å². The van der Waals surface area contributed by atoms with Gasteiger partial charge in [0.05, 0.1) is 5.41 Å². The topological polar surface area (TPSA) is 69.6 Å². The fourth-order valence-corrected chi connectivity index (χ4v) is 2.46. The van der Waals surface area contributed by atoms with Crippen molar-refractivity contribution in [3.8, 4) is 0 Å². The van der Waals surface area contributed by atoms with E-state index in [4.69, 9.17) is 16.7 Å². The fraction of sp³-hybridized carbons (Fsp3) is 0.429. The average molecular weight is 297 g/mol. The maximum absolute atomic E-state index is 12.0. The second-order valence-electron chi connectivity index (χ2n) is 5.33. The first-order valence-corrected chi connectivity index (χ1v) is 6.79. The lowest BCUT2D eigenvalue weighted by atomic mass is 9.90. The smallest absolute Gasteiger partial charge is 0.317 e. The van der Waals surface area contributed by atoms with Crippen LogP contribution in [0.3, 0.4) is 0 Å². The Balaban J connectivity index is 1.89. The third-order valence-electron chi connectivity index (χ3n) is 3.61. The number of nitrogens with zero attached hydrogens (tertiary/aromatic N) is 1. The second-order valence-corrected chi connectivity index (χ2v) is 5.76. The van der Waals surface area contributed by atoms with Gasteiger partial charge in [0.25, 0.3) is 0 Å². The molecular weight excluding hydrogens is 280 g/mol. The number of likely N-dealkylation sites (tertiary alicyclic amines) is 1. The number of carboxylic acid groups (broad SMARTS) is 1. The van der Waals surface area contributed by atoms with Gasteiger partial charge in [-0.2, -0.15) is 0 Å². The fourth-order valence-electron chi connectivity index (χ4n) is 2.25. The van der Waals surface area contributed by atoms with E-state index >= 15 is 0 Å². The Morgan fingerprint density at radius 1 is 1.50 bits per heavy atom. The van der Waals surface area contributed by atoms with Crippen LogP contribution in [0, 0.1) is 5.41 Å². The standard InChI is InChI=1S/C14H17ClN2O3/c1-14(12(18)19)5-6-17(9-14)13(20)16-8-10-3-2-4-11(15)7-10/h2-4,7H,5-6,8-9H2,1H3,(H,16,20)(H,18,19). The van der Waals surface area contributed by atoms with Crippen LogP contribution in [0.1, 0.15) is 18.9 Å². The lowest BCUT2D eigenvalue weighted by Gasteiger charge is -2.20. The highest BCUT2D eigenvalue weighted by atomic mass is 35.5. The van der Waals surface area contributed by atoms with Crippen LogP contribution in [0.5, 0.6) is 0 Å². The highest BCUT2D eigenvalue weighted by Crippen LogP contribution is 2.29. The van der Waals surface area contributed by atoms with Gasteiger partial charge in [0.15, 0.2) is 0 Å². The van der Waals surface area contributed by atoms with Gasteiger partial charge in [-0.25, -0.2) is 4.79 Å². The maximum Gasteiger partial charge on any atom is 0.317 e. The van der Waals surface area contributed by atoms with Crippen molar-refractivity contribution in [1.29, 1.82) is 0 Å². The zero-order chi connectivity index (χ0) is 14.8. The van der Waals surface area contributed by atoms with E-state index in [1.165, 1.54) is 0 Å². The summed E-state index contributed by atoms with van der Waals surface area (Å²) in [5.41, 5.74) is 0.0685. The molecule has 2 rings (SSSR count). The summed E-state index contributed by atoms with van der Waals surface area (Å²) >= 11 is 5.87. The van der Waals surface area contributed by atoms with Gasteiger partial charge in [0, 0.05) is 24.7 Å². The maximum atomic E-state index is 12.0. The van der Waals surface area contributed by atoms with Gasteiger partial charge >= 0.3 is 12.0 Å². The number of hydrogen-bond donors (Lipinski definition) is 2. The zero-order valence-corrected chi connectivity index (χ0v) is 12.0. The van der Waals surface area contributed by atoms with E-state index in [2.05, 4.69) is 5.32 Å². The van der Waals surface area contributed by atoms with E-state index in [0.29, 0.717) is 24.5 Å². The number of hydrogen-bond acceptors (Lipinski definition) is 2. The molecule has 1 heterocycles. The van der Waals surface area contributed by atoms with Crippen LogP contribution >= 0.6 is 11.6 Å². The van der Waals surface area contributed by atoms with Gasteiger partial charge in [-0.1, -0.05) is 23.7 Å². The zero-order valence-electron chi connectivity index (χ0n) is 11.2. The number of urea groups is 1. The molecule has 2 N–H and O–H groups in total. The van der Waals surface area contributed by atoms with Crippen LogP contribution in [-0.2, 0) is 11.3 Å². The van der Waals surface area contributed by atoms with Crippen molar-refractivity contribution >= 4 is 23.6 Å². The highest BCUT2D eigenvalue weighted by Gasteiger charge is 2.42. The SMILES string of the molecule is CC1(C(=O)O)CCN(C(=O)NCc2cccc(Cl)c2)C1. The lowest BCUT2D eigenvalue weighted by Crippen LogP contribution is -2.40. The molecule has 0 saturated carbocycles. The van der Waals surface area contributed by atoms with E-state index in [9.17, 15) is 9.59 Å². The minimum absolute atomic E-state index is 0.240. The van der Waals surface area contributed by atoms with Crippen LogP contribution in [0.4, 0.5) is 4.79 Å². The normalized spacial score (nSPS) is 21.8. The first kappa shape index (κ1) is 14.7. The Morgan fingerprint density at radius 3 is 2.85 bits per heavy atom. The van der Waals surface area contributed by atoms with Crippen molar-refractivity contribution in [3.63, 3.8) is 0 Å². The molecule has 108 valence electrons. The number of carbonyl (C=O) groups is 2. The number of carboxylic acids is 1. The lowest BCUT2D eigenvalue weighted by molar-refractivity contribution is -0.146. The Labute approximate surface area is 122 Å². The van der Waals surface area contributed by atoms with E-state index in [-0.39, 0.29) is 12.6 Å². The summed E-state index contributed by atoms with van der Waals surface area (Å²) in [4.78, 5) is 24.7. The molecule has 1 aromatic rings. The number of aliphatic carboxylic acids is 1. The van der Waals surface area contributed by atoms with E-state index in [1.807, 2.05) is 12.1 Å². The molecule has 1 atom stereocenters. The van der Waals surface area contributed by atoms with Gasteiger partial charge in [-0.3, -0.25) is 4.79 Å². The largest absolute Gasteiger partial charge is 0.481 e. The van der Waals surface area contributed by atoms with Gasteiger partial charge in [0.1, 0.15) is 0 Å². The molecule has 1 fully saturated rings. The molecule has 0 radical (unpaired) electrons. The predicted molar refractivity (Wildman–Crippen MR) is 75.6 cm³/mol. The van der Waals surface area contributed by atoms with E-state index in [0.717, 1.165) is 5.56 Å². The Bertz CT molecular complexity index is 535. The van der Waals surface area contributed by atoms with E-state index in [1.54, 1.807) is 24.0 Å². The van der Waals surface area contributed by atoms with Gasteiger partial charge in [-0.15, -0.1) is 0 Å². The first-order valence-electron chi connectivity index (χ1n) is 6.41. The number of amides is 2. The molecule has 0 aliphatic carbocycles. The minimum Gasteiger partial charge on any atom is -0.481 e. The minimum atomic E-state index is -0.859. The predicted octanol–water partition coefficient (Wildman–Crippen LogP) is 2.35. The molecule has 1 aliphatic rings. The molecule has 0 aromatic heterocycles. The van der Waals surface area contributed by atoms with Crippen LogP contribution < -0.4 is 5.32 Å². The van der Waals surface area contributed by atoms with Crippen molar-refractivity contribution in [2.75, 3.05) is 13.1 Å². The van der Waals surface area contributed by atoms with Crippen molar-refractivity contribution in [3.05, 3.63) is 34.9 Å². The molecule has 1 unspecified atom stereocenters. The van der Waals surface area contributed by atoms with Crippen LogP contribution in [0.25, 0.3) is 0 Å². The summed E-state index contributed by atoms with van der Waals surface area (Å²) in [6.07, 6.45) is 0.479. The number of nitrogens with one attached hydrogen (secondary N) is 1. The van der Waals surface area contributed by atoms with Gasteiger partial charge in [0.2, 0.25) is 0 Å². The highest BCUT2D eigenvalue weighted by molar-refractivity contribution is 6.30. The van der Waals surface area contributed by atoms with Crippen LogP contribution in [0.2, 0.25) is 5.02 Å². The monoisotopic (exact) mass is 296 g/mol. The van der Waals surface area contributed by atoms with Gasteiger partial charge < -0.3 is 15.3 Å².